The van der Waals surface area contributed by atoms with Crippen LogP contribution in [0.2, 0.25) is 0 Å². The van der Waals surface area contributed by atoms with Crippen molar-refractivity contribution in [3.8, 4) is 0 Å². The summed E-state index contributed by atoms with van der Waals surface area (Å²) in [6, 6.07) is 10.1. The summed E-state index contributed by atoms with van der Waals surface area (Å²) >= 11 is 0. The molecule has 1 amide bonds. The fourth-order valence-electron chi connectivity index (χ4n) is 3.98. The maximum atomic E-state index is 11.8. The summed E-state index contributed by atoms with van der Waals surface area (Å²) in [6.45, 7) is 2.47. The van der Waals surface area contributed by atoms with Crippen LogP contribution in [0.4, 0.5) is 0 Å². The van der Waals surface area contributed by atoms with E-state index in [2.05, 4.69) is 39.7 Å². The van der Waals surface area contributed by atoms with Crippen LogP contribution in [0, 0.1) is 0 Å². The highest BCUT2D eigenvalue weighted by molar-refractivity contribution is 5.77. The van der Waals surface area contributed by atoms with Crippen LogP contribution >= 0.6 is 0 Å². The standard InChI is InChI=1S/C20H27N5O4/c1-24(8-14-6-4-3-5-7-14)9-15-10-25(23-22-15)17-12-29-19-16(11-28-20(17)19)21-18(26)13-27-2/h3-7,10,16-17,19-20H,8-9,11-13H2,1-2H3,(H,21,26). The van der Waals surface area contributed by atoms with Crippen LogP contribution in [0.3, 0.4) is 0 Å². The highest BCUT2D eigenvalue weighted by Crippen LogP contribution is 2.33. The highest BCUT2D eigenvalue weighted by atomic mass is 16.6. The molecule has 2 saturated heterocycles. The van der Waals surface area contributed by atoms with Gasteiger partial charge in [-0.3, -0.25) is 9.69 Å². The number of hydrogen-bond acceptors (Lipinski definition) is 7. The van der Waals surface area contributed by atoms with Gasteiger partial charge in [0, 0.05) is 20.2 Å². The van der Waals surface area contributed by atoms with Crippen molar-refractivity contribution >= 4 is 5.91 Å². The van der Waals surface area contributed by atoms with E-state index in [1.54, 1.807) is 0 Å². The molecule has 9 heteroatoms. The third-order valence-corrected chi connectivity index (χ3v) is 5.27. The Labute approximate surface area is 169 Å². The number of hydrogen-bond donors (Lipinski definition) is 1. The highest BCUT2D eigenvalue weighted by Gasteiger charge is 2.49. The Morgan fingerprint density at radius 2 is 2.03 bits per heavy atom. The number of carbonyl (C=O) groups excluding carboxylic acids is 1. The van der Waals surface area contributed by atoms with Crippen molar-refractivity contribution in [1.82, 2.24) is 25.2 Å². The topological polar surface area (TPSA) is 90.7 Å². The maximum Gasteiger partial charge on any atom is 0.246 e. The Balaban J connectivity index is 1.33. The zero-order valence-corrected chi connectivity index (χ0v) is 16.7. The van der Waals surface area contributed by atoms with Gasteiger partial charge in [0.1, 0.15) is 24.9 Å². The van der Waals surface area contributed by atoms with E-state index in [1.165, 1.54) is 12.7 Å². The molecule has 2 aliphatic rings. The van der Waals surface area contributed by atoms with Crippen molar-refractivity contribution in [3.63, 3.8) is 0 Å². The summed E-state index contributed by atoms with van der Waals surface area (Å²) in [6.07, 6.45) is 1.62. The first-order chi connectivity index (χ1) is 14.1. The fourth-order valence-corrected chi connectivity index (χ4v) is 3.98. The molecular formula is C20H27N5O4. The second-order valence-corrected chi connectivity index (χ2v) is 7.62. The van der Waals surface area contributed by atoms with Crippen LogP contribution in [-0.2, 0) is 32.1 Å². The zero-order chi connectivity index (χ0) is 20.2. The van der Waals surface area contributed by atoms with E-state index in [1.807, 2.05) is 29.1 Å². The quantitative estimate of drug-likeness (QED) is 0.684. The van der Waals surface area contributed by atoms with E-state index in [-0.39, 0.29) is 36.8 Å². The minimum Gasteiger partial charge on any atom is -0.375 e. The summed E-state index contributed by atoms with van der Waals surface area (Å²) in [5, 5.41) is 11.5. The SMILES string of the molecule is COCC(=O)NC1COC2C1OCC2n1cc(CN(C)Cc2ccccc2)nn1. The van der Waals surface area contributed by atoms with Gasteiger partial charge in [-0.05, 0) is 12.6 Å². The maximum absolute atomic E-state index is 11.8. The second kappa shape index (κ2) is 9.00. The van der Waals surface area contributed by atoms with Crippen LogP contribution in [0.1, 0.15) is 17.3 Å². The van der Waals surface area contributed by atoms with Crippen molar-refractivity contribution < 1.29 is 19.0 Å². The van der Waals surface area contributed by atoms with Crippen molar-refractivity contribution in [2.75, 3.05) is 34.0 Å². The van der Waals surface area contributed by atoms with Gasteiger partial charge in [0.25, 0.3) is 0 Å². The molecule has 0 saturated carbocycles. The number of benzene rings is 1. The lowest BCUT2D eigenvalue weighted by Crippen LogP contribution is -2.45. The van der Waals surface area contributed by atoms with Crippen molar-refractivity contribution in [1.29, 1.82) is 0 Å². The number of fused-ring (bicyclic) bond motifs is 1. The molecule has 156 valence electrons. The summed E-state index contributed by atoms with van der Waals surface area (Å²) < 4.78 is 18.5. The lowest BCUT2D eigenvalue weighted by Gasteiger charge is -2.17. The van der Waals surface area contributed by atoms with Gasteiger partial charge in [0.05, 0.1) is 31.1 Å². The van der Waals surface area contributed by atoms with Gasteiger partial charge in [-0.1, -0.05) is 35.5 Å². The minimum absolute atomic E-state index is 0.0280. The number of rotatable bonds is 8. The number of aromatic nitrogens is 3. The van der Waals surface area contributed by atoms with Crippen LogP contribution < -0.4 is 5.32 Å². The van der Waals surface area contributed by atoms with E-state index < -0.39 is 0 Å². The number of nitrogens with one attached hydrogen (secondary N) is 1. The largest absolute Gasteiger partial charge is 0.375 e. The second-order valence-electron chi connectivity index (χ2n) is 7.62. The Morgan fingerprint density at radius 3 is 2.83 bits per heavy atom. The first-order valence-corrected chi connectivity index (χ1v) is 9.78. The van der Waals surface area contributed by atoms with E-state index >= 15 is 0 Å². The predicted molar refractivity (Wildman–Crippen MR) is 104 cm³/mol. The summed E-state index contributed by atoms with van der Waals surface area (Å²) in [5.41, 5.74) is 2.16. The molecule has 0 bridgehead atoms. The Morgan fingerprint density at radius 1 is 1.24 bits per heavy atom. The Kier molecular flexibility index (Phi) is 6.19. The number of nitrogens with zero attached hydrogens (tertiary/aromatic N) is 4. The van der Waals surface area contributed by atoms with E-state index in [0.717, 1.165) is 12.2 Å². The molecule has 2 aromatic rings. The molecule has 0 aliphatic carbocycles. The zero-order valence-electron chi connectivity index (χ0n) is 16.7. The predicted octanol–water partition coefficient (Wildman–Crippen LogP) is 0.380. The van der Waals surface area contributed by atoms with Crippen molar-refractivity contribution in [2.45, 2.75) is 37.4 Å². The van der Waals surface area contributed by atoms with Crippen LogP contribution in [-0.4, -0.2) is 78.0 Å². The fraction of sp³-hybridized carbons (Fsp3) is 0.550. The van der Waals surface area contributed by atoms with Crippen LogP contribution in [0.15, 0.2) is 36.5 Å². The molecule has 9 nitrogen and oxygen atoms in total. The van der Waals surface area contributed by atoms with E-state index in [4.69, 9.17) is 14.2 Å². The number of amides is 1. The molecule has 4 unspecified atom stereocenters. The van der Waals surface area contributed by atoms with Gasteiger partial charge in [0.15, 0.2) is 0 Å². The van der Waals surface area contributed by atoms with Crippen LogP contribution in [0.25, 0.3) is 0 Å². The Hall–Kier alpha value is -2.33. The lowest BCUT2D eigenvalue weighted by atomic mass is 10.1. The molecule has 2 aliphatic heterocycles. The normalized spacial score (nSPS) is 26.0. The molecule has 0 spiro atoms. The molecular weight excluding hydrogens is 374 g/mol. The third-order valence-electron chi connectivity index (χ3n) is 5.27. The van der Waals surface area contributed by atoms with E-state index in [9.17, 15) is 4.79 Å². The first-order valence-electron chi connectivity index (χ1n) is 9.78. The Bertz CT molecular complexity index is 814. The molecule has 29 heavy (non-hydrogen) atoms. The molecule has 3 heterocycles. The number of carbonyl (C=O) groups is 1. The first kappa shape index (κ1) is 20.0. The average Bonchev–Trinajstić information content (AvgIpc) is 3.40. The van der Waals surface area contributed by atoms with E-state index in [0.29, 0.717) is 19.8 Å². The third kappa shape index (κ3) is 4.64. The van der Waals surface area contributed by atoms with Gasteiger partial charge in [0.2, 0.25) is 5.91 Å². The summed E-state index contributed by atoms with van der Waals surface area (Å²) in [4.78, 5) is 14.0. The number of ether oxygens (including phenoxy) is 3. The molecule has 4 rings (SSSR count). The van der Waals surface area contributed by atoms with Crippen LogP contribution in [0.5, 0.6) is 0 Å². The van der Waals surface area contributed by atoms with Gasteiger partial charge >= 0.3 is 0 Å². The molecule has 4 atom stereocenters. The molecule has 0 radical (unpaired) electrons. The molecule has 2 fully saturated rings. The average molecular weight is 401 g/mol. The molecule has 1 N–H and O–H groups in total. The smallest absolute Gasteiger partial charge is 0.246 e. The van der Waals surface area contributed by atoms with Gasteiger partial charge < -0.3 is 19.5 Å². The summed E-state index contributed by atoms with van der Waals surface area (Å²) in [7, 11) is 3.56. The summed E-state index contributed by atoms with van der Waals surface area (Å²) in [5.74, 6) is -0.168. The lowest BCUT2D eigenvalue weighted by molar-refractivity contribution is -0.126. The minimum atomic E-state index is -0.186. The van der Waals surface area contributed by atoms with Gasteiger partial charge in [-0.2, -0.15) is 0 Å². The van der Waals surface area contributed by atoms with Gasteiger partial charge in [-0.15, -0.1) is 5.10 Å². The van der Waals surface area contributed by atoms with Gasteiger partial charge in [-0.25, -0.2) is 4.68 Å². The van der Waals surface area contributed by atoms with Crippen molar-refractivity contribution in [3.05, 3.63) is 47.8 Å². The number of methoxy groups -OCH3 is 1. The monoisotopic (exact) mass is 401 g/mol. The molecule has 1 aromatic heterocycles. The van der Waals surface area contributed by atoms with Crippen molar-refractivity contribution in [2.24, 2.45) is 0 Å². The molecule has 1 aromatic carbocycles.